The Kier molecular flexibility index (Phi) is 6.17. The summed E-state index contributed by atoms with van der Waals surface area (Å²) in [6.07, 6.45) is 4.78. The number of carbonyl (C=O) groups excluding carboxylic acids is 2. The van der Waals surface area contributed by atoms with Crippen molar-refractivity contribution in [3.63, 3.8) is 0 Å². The summed E-state index contributed by atoms with van der Waals surface area (Å²) in [5, 5.41) is 7.10. The van der Waals surface area contributed by atoms with Crippen LogP contribution in [0.1, 0.15) is 12.8 Å². The van der Waals surface area contributed by atoms with Crippen LogP contribution in [0, 0.1) is 0 Å². The fraction of sp³-hybridized carbons (Fsp3) is 0.368. The lowest BCUT2D eigenvalue weighted by Gasteiger charge is -2.39. The van der Waals surface area contributed by atoms with Crippen molar-refractivity contribution in [2.45, 2.75) is 18.4 Å². The summed E-state index contributed by atoms with van der Waals surface area (Å²) in [4.78, 5) is 39.8. The molecule has 3 heterocycles. The second kappa shape index (κ2) is 8.77. The van der Waals surface area contributed by atoms with Crippen LogP contribution in [0.5, 0.6) is 0 Å². The third-order valence-corrected chi connectivity index (χ3v) is 4.60. The molecule has 2 amide bonds. The van der Waals surface area contributed by atoms with Crippen molar-refractivity contribution >= 4 is 28.7 Å². The number of hydrogen-bond donors (Lipinski definition) is 2. The highest BCUT2D eigenvalue weighted by atomic mass is 16.7. The van der Waals surface area contributed by atoms with Crippen molar-refractivity contribution in [1.29, 1.82) is 0 Å². The predicted octanol–water partition coefficient (Wildman–Crippen LogP) is 1.56. The van der Waals surface area contributed by atoms with Gasteiger partial charge < -0.3 is 15.4 Å². The molecule has 0 atom stereocenters. The van der Waals surface area contributed by atoms with Crippen molar-refractivity contribution in [2.24, 2.45) is 0 Å². The number of amides is 2. The molecule has 0 unspecified atom stereocenters. The van der Waals surface area contributed by atoms with Crippen molar-refractivity contribution < 1.29 is 19.2 Å². The van der Waals surface area contributed by atoms with Gasteiger partial charge in [0.15, 0.2) is 0 Å². The lowest BCUT2D eigenvalue weighted by atomic mass is 9.87. The molecular formula is C19H23N5O4. The van der Waals surface area contributed by atoms with Crippen molar-refractivity contribution in [2.75, 3.05) is 31.9 Å². The summed E-state index contributed by atoms with van der Waals surface area (Å²) in [6.45, 7) is 4.72. The molecule has 3 rings (SSSR count). The number of aromatic nitrogens is 2. The minimum atomic E-state index is -1.16. The van der Waals surface area contributed by atoms with Gasteiger partial charge in [0.2, 0.25) is 0 Å². The molecule has 28 heavy (non-hydrogen) atoms. The first-order chi connectivity index (χ1) is 13.6. The first-order valence-corrected chi connectivity index (χ1v) is 8.96. The lowest BCUT2D eigenvalue weighted by Crippen LogP contribution is -2.63. The molecule has 0 radical (unpaired) electrons. The van der Waals surface area contributed by atoms with Gasteiger partial charge in [-0.1, -0.05) is 12.7 Å². The Balaban J connectivity index is 1.95. The van der Waals surface area contributed by atoms with Gasteiger partial charge in [-0.05, 0) is 44.1 Å². The molecule has 0 bridgehead atoms. The normalized spacial score (nSPS) is 15.6. The zero-order chi connectivity index (χ0) is 20.0. The highest BCUT2D eigenvalue weighted by molar-refractivity contribution is 6.05. The number of nitrogens with one attached hydrogen (secondary N) is 2. The Morgan fingerprint density at radius 2 is 2.11 bits per heavy atom. The van der Waals surface area contributed by atoms with E-state index in [-0.39, 0.29) is 6.61 Å². The second-order valence-electron chi connectivity index (χ2n) is 6.33. The number of carbonyl (C=O) groups is 2. The molecule has 148 valence electrons. The van der Waals surface area contributed by atoms with Gasteiger partial charge in [0.25, 0.3) is 5.91 Å². The summed E-state index contributed by atoms with van der Waals surface area (Å²) < 4.78 is 5.04. The topological polar surface area (TPSA) is 106 Å². The van der Waals surface area contributed by atoms with Crippen molar-refractivity contribution in [1.82, 2.24) is 20.6 Å². The van der Waals surface area contributed by atoms with E-state index in [0.717, 1.165) is 5.06 Å². The summed E-state index contributed by atoms with van der Waals surface area (Å²) in [6, 6.07) is 5.22. The highest BCUT2D eigenvalue weighted by Crippen LogP contribution is 2.29. The molecule has 0 aliphatic carbocycles. The van der Waals surface area contributed by atoms with Crippen LogP contribution in [-0.4, -0.2) is 54.3 Å². The number of rotatable bonds is 6. The van der Waals surface area contributed by atoms with Gasteiger partial charge in [0.1, 0.15) is 23.3 Å². The Morgan fingerprint density at radius 1 is 1.32 bits per heavy atom. The average molecular weight is 385 g/mol. The van der Waals surface area contributed by atoms with Gasteiger partial charge >= 0.3 is 6.09 Å². The second-order valence-corrected chi connectivity index (χ2v) is 6.33. The number of pyridine rings is 2. The van der Waals surface area contributed by atoms with Gasteiger partial charge in [-0.15, -0.1) is 0 Å². The third kappa shape index (κ3) is 3.95. The van der Waals surface area contributed by atoms with E-state index in [9.17, 15) is 9.59 Å². The first kappa shape index (κ1) is 19.7. The van der Waals surface area contributed by atoms with Gasteiger partial charge in [-0.2, -0.15) is 5.06 Å². The van der Waals surface area contributed by atoms with Gasteiger partial charge in [-0.3, -0.25) is 19.6 Å². The fourth-order valence-corrected chi connectivity index (χ4v) is 3.23. The first-order valence-electron chi connectivity index (χ1n) is 8.96. The largest absolute Gasteiger partial charge is 0.445 e. The number of fused-ring (bicyclic) bond motifs is 1. The molecule has 0 saturated carbocycles. The zero-order valence-electron chi connectivity index (χ0n) is 15.7. The number of anilines is 1. The van der Waals surface area contributed by atoms with E-state index < -0.39 is 17.5 Å². The van der Waals surface area contributed by atoms with Crippen LogP contribution in [0.4, 0.5) is 10.5 Å². The molecule has 2 aromatic rings. The number of ether oxygens (including phenoxy) is 1. The minimum absolute atomic E-state index is 0.0568. The van der Waals surface area contributed by atoms with Gasteiger partial charge in [0.05, 0.1) is 12.6 Å². The molecule has 2 aromatic heterocycles. The molecule has 1 aliphatic rings. The Hall–Kier alpha value is -3.04. The molecular weight excluding hydrogens is 362 g/mol. The van der Waals surface area contributed by atoms with Crippen molar-refractivity contribution in [3.05, 3.63) is 43.2 Å². The maximum Gasteiger partial charge on any atom is 0.408 e. The molecule has 2 N–H and O–H groups in total. The predicted molar refractivity (Wildman–Crippen MR) is 104 cm³/mol. The number of hydrogen-bond acceptors (Lipinski definition) is 7. The van der Waals surface area contributed by atoms with Crippen LogP contribution >= 0.6 is 0 Å². The van der Waals surface area contributed by atoms with E-state index in [1.165, 1.54) is 13.2 Å². The highest BCUT2D eigenvalue weighted by Gasteiger charge is 2.45. The Morgan fingerprint density at radius 3 is 2.82 bits per heavy atom. The lowest BCUT2D eigenvalue weighted by molar-refractivity contribution is -0.132. The van der Waals surface area contributed by atoms with Crippen LogP contribution in [0.2, 0.25) is 0 Å². The van der Waals surface area contributed by atoms with Crippen LogP contribution in [0.25, 0.3) is 11.0 Å². The quantitative estimate of drug-likeness (QED) is 0.574. The minimum Gasteiger partial charge on any atom is -0.445 e. The summed E-state index contributed by atoms with van der Waals surface area (Å²) in [5.41, 5.74) is 0.451. The molecule has 0 spiro atoms. The molecule has 1 aliphatic heterocycles. The summed E-state index contributed by atoms with van der Waals surface area (Å²) in [5.74, 6) is -0.398. The van der Waals surface area contributed by atoms with E-state index in [1.807, 2.05) is 0 Å². The van der Waals surface area contributed by atoms with Crippen LogP contribution in [-0.2, 0) is 14.4 Å². The molecule has 9 heteroatoms. The molecule has 0 aromatic carbocycles. The standard InChI is InChI=1S/C19H23N5O4/c1-3-13-28-18(26)23-19(7-11-20-12-8-19)17(25)24(27-2)15-6-10-21-14-5-4-9-22-16(14)15/h3-6,9-10,20H,1,7-8,11-13H2,2H3,(H,23,26). The smallest absolute Gasteiger partial charge is 0.408 e. The van der Waals surface area contributed by atoms with Crippen molar-refractivity contribution in [3.8, 4) is 0 Å². The number of hydroxylamine groups is 1. The van der Waals surface area contributed by atoms with E-state index in [2.05, 4.69) is 27.2 Å². The van der Waals surface area contributed by atoms with Gasteiger partial charge in [-0.25, -0.2) is 4.79 Å². The fourth-order valence-electron chi connectivity index (χ4n) is 3.23. The molecule has 1 fully saturated rings. The van der Waals surface area contributed by atoms with Crippen LogP contribution in [0.15, 0.2) is 43.2 Å². The monoisotopic (exact) mass is 385 g/mol. The van der Waals surface area contributed by atoms with Crippen LogP contribution < -0.4 is 15.7 Å². The van der Waals surface area contributed by atoms with E-state index in [0.29, 0.717) is 42.7 Å². The number of piperidine rings is 1. The van der Waals surface area contributed by atoms with Gasteiger partial charge in [0, 0.05) is 12.4 Å². The van der Waals surface area contributed by atoms with E-state index in [1.54, 1.807) is 30.6 Å². The van der Waals surface area contributed by atoms with E-state index in [4.69, 9.17) is 9.57 Å². The van der Waals surface area contributed by atoms with E-state index >= 15 is 0 Å². The maximum absolute atomic E-state index is 13.5. The summed E-state index contributed by atoms with van der Waals surface area (Å²) >= 11 is 0. The molecule has 1 saturated heterocycles. The average Bonchev–Trinajstić information content (AvgIpc) is 2.73. The zero-order valence-corrected chi connectivity index (χ0v) is 15.7. The van der Waals surface area contributed by atoms with Crippen LogP contribution in [0.3, 0.4) is 0 Å². The third-order valence-electron chi connectivity index (χ3n) is 4.60. The number of nitrogens with zero attached hydrogens (tertiary/aromatic N) is 3. The Bertz CT molecular complexity index is 861. The summed E-state index contributed by atoms with van der Waals surface area (Å²) in [7, 11) is 1.40. The SMILES string of the molecule is C=CCOC(=O)NC1(C(=O)N(OC)c2ccnc3cccnc23)CCNCC1. The number of alkyl carbamates (subject to hydrolysis) is 1. The maximum atomic E-state index is 13.5. The molecule has 9 nitrogen and oxygen atoms in total. The Labute approximate surface area is 162 Å².